The van der Waals surface area contributed by atoms with Crippen LogP contribution in [0.15, 0.2) is 42.6 Å². The molecule has 0 saturated heterocycles. The van der Waals surface area contributed by atoms with Gasteiger partial charge < -0.3 is 9.84 Å². The average Bonchev–Trinajstić information content (AvgIpc) is 2.40. The second-order valence-electron chi connectivity index (χ2n) is 4.29. The summed E-state index contributed by atoms with van der Waals surface area (Å²) in [5, 5.41) is 10.2. The van der Waals surface area contributed by atoms with Gasteiger partial charge in [0.2, 0.25) is 5.88 Å². The first kappa shape index (κ1) is 12.6. The van der Waals surface area contributed by atoms with E-state index in [2.05, 4.69) is 4.98 Å². The van der Waals surface area contributed by atoms with Crippen molar-refractivity contribution in [3.05, 3.63) is 59.3 Å². The molecule has 2 rings (SSSR count). The maximum Gasteiger partial charge on any atom is 0.212 e. The molecule has 1 unspecified atom stereocenters. The molecule has 0 spiro atoms. The summed E-state index contributed by atoms with van der Waals surface area (Å²) in [5.41, 5.74) is 3.06. The number of pyridine rings is 1. The van der Waals surface area contributed by atoms with E-state index in [9.17, 15) is 5.11 Å². The van der Waals surface area contributed by atoms with E-state index in [1.54, 1.807) is 19.4 Å². The molecule has 0 saturated carbocycles. The predicted molar refractivity (Wildman–Crippen MR) is 70.6 cm³/mol. The van der Waals surface area contributed by atoms with E-state index in [0.29, 0.717) is 12.3 Å². The molecular formula is C15H17NO2. The minimum absolute atomic E-state index is 0.499. The summed E-state index contributed by atoms with van der Waals surface area (Å²) in [4.78, 5) is 4.13. The van der Waals surface area contributed by atoms with E-state index in [1.165, 1.54) is 0 Å². The zero-order valence-electron chi connectivity index (χ0n) is 10.6. The number of hydrogen-bond acceptors (Lipinski definition) is 3. The molecule has 1 N–H and O–H groups in total. The first-order chi connectivity index (χ1) is 8.70. The fourth-order valence-corrected chi connectivity index (χ4v) is 1.95. The number of methoxy groups -OCH3 is 1. The van der Waals surface area contributed by atoms with Crippen LogP contribution in [0.2, 0.25) is 0 Å². The maximum atomic E-state index is 10.2. The zero-order valence-corrected chi connectivity index (χ0v) is 10.6. The summed E-state index contributed by atoms with van der Waals surface area (Å²) in [6.45, 7) is 2.00. The lowest BCUT2D eigenvalue weighted by atomic mass is 9.99. The van der Waals surface area contributed by atoms with Crippen molar-refractivity contribution in [3.8, 4) is 5.88 Å². The molecule has 3 nitrogen and oxygen atoms in total. The lowest BCUT2D eigenvalue weighted by Crippen LogP contribution is -2.04. The average molecular weight is 243 g/mol. The molecule has 0 aliphatic rings. The Morgan fingerprint density at radius 3 is 2.61 bits per heavy atom. The van der Waals surface area contributed by atoms with E-state index in [-0.39, 0.29) is 0 Å². The Hall–Kier alpha value is -1.87. The normalized spacial score (nSPS) is 12.2. The highest BCUT2D eigenvalue weighted by Gasteiger charge is 2.10. The van der Waals surface area contributed by atoms with Crippen LogP contribution in [-0.4, -0.2) is 17.2 Å². The van der Waals surface area contributed by atoms with Crippen molar-refractivity contribution in [1.82, 2.24) is 4.98 Å². The molecule has 3 heteroatoms. The Morgan fingerprint density at radius 2 is 2.00 bits per heavy atom. The van der Waals surface area contributed by atoms with Crippen molar-refractivity contribution < 1.29 is 9.84 Å². The van der Waals surface area contributed by atoms with Crippen molar-refractivity contribution >= 4 is 0 Å². The van der Waals surface area contributed by atoms with Crippen molar-refractivity contribution in [2.45, 2.75) is 19.4 Å². The molecular weight excluding hydrogens is 226 g/mol. The Kier molecular flexibility index (Phi) is 3.95. The molecule has 18 heavy (non-hydrogen) atoms. The van der Waals surface area contributed by atoms with Gasteiger partial charge >= 0.3 is 0 Å². The number of aromatic nitrogens is 1. The van der Waals surface area contributed by atoms with Crippen LogP contribution in [0, 0.1) is 6.92 Å². The lowest BCUT2D eigenvalue weighted by molar-refractivity contribution is 0.177. The number of aliphatic hydroxyl groups excluding tert-OH is 1. The molecule has 94 valence electrons. The highest BCUT2D eigenvalue weighted by atomic mass is 16.5. The van der Waals surface area contributed by atoms with Crippen molar-refractivity contribution in [2.24, 2.45) is 0 Å². The van der Waals surface area contributed by atoms with Crippen LogP contribution in [-0.2, 0) is 6.42 Å². The number of aliphatic hydroxyl groups is 1. The van der Waals surface area contributed by atoms with Gasteiger partial charge in [-0.2, -0.15) is 0 Å². The van der Waals surface area contributed by atoms with Gasteiger partial charge in [-0.1, -0.05) is 30.3 Å². The van der Waals surface area contributed by atoms with Crippen LogP contribution < -0.4 is 4.74 Å². The van der Waals surface area contributed by atoms with E-state index < -0.39 is 6.10 Å². The molecule has 0 bridgehead atoms. The van der Waals surface area contributed by atoms with Gasteiger partial charge in [0, 0.05) is 18.7 Å². The van der Waals surface area contributed by atoms with Gasteiger partial charge in [0.05, 0.1) is 13.2 Å². The predicted octanol–water partition coefficient (Wildman–Crippen LogP) is 2.67. The quantitative estimate of drug-likeness (QED) is 0.897. The molecule has 0 amide bonds. The number of benzene rings is 1. The minimum Gasteiger partial charge on any atom is -0.481 e. The number of rotatable bonds is 4. The SMILES string of the molecule is COc1ccc(CC(O)c2ccccc2C)cn1. The van der Waals surface area contributed by atoms with Gasteiger partial charge in [-0.3, -0.25) is 0 Å². The molecule has 0 aliphatic carbocycles. The van der Waals surface area contributed by atoms with Gasteiger partial charge in [0.1, 0.15) is 0 Å². The van der Waals surface area contributed by atoms with Crippen LogP contribution in [0.1, 0.15) is 22.8 Å². The van der Waals surface area contributed by atoms with Crippen LogP contribution in [0.25, 0.3) is 0 Å². The summed E-state index contributed by atoms with van der Waals surface area (Å²) < 4.78 is 5.00. The Morgan fingerprint density at radius 1 is 1.22 bits per heavy atom. The van der Waals surface area contributed by atoms with Gasteiger partial charge in [-0.25, -0.2) is 4.98 Å². The molecule has 1 heterocycles. The maximum absolute atomic E-state index is 10.2. The number of nitrogens with zero attached hydrogens (tertiary/aromatic N) is 1. The van der Waals surface area contributed by atoms with E-state index in [0.717, 1.165) is 16.7 Å². The Labute approximate surface area is 107 Å². The monoisotopic (exact) mass is 243 g/mol. The number of ether oxygens (including phenoxy) is 1. The standard InChI is InChI=1S/C15H17NO2/c1-11-5-3-4-6-13(11)14(17)9-12-7-8-15(18-2)16-10-12/h3-8,10,14,17H,9H2,1-2H3. The van der Waals surface area contributed by atoms with Crippen LogP contribution in [0.3, 0.4) is 0 Å². The highest BCUT2D eigenvalue weighted by molar-refractivity contribution is 5.29. The van der Waals surface area contributed by atoms with Crippen molar-refractivity contribution in [1.29, 1.82) is 0 Å². The van der Waals surface area contributed by atoms with Crippen molar-refractivity contribution in [3.63, 3.8) is 0 Å². The smallest absolute Gasteiger partial charge is 0.212 e. The second kappa shape index (κ2) is 5.65. The topological polar surface area (TPSA) is 42.4 Å². The van der Waals surface area contributed by atoms with Gasteiger partial charge in [0.25, 0.3) is 0 Å². The Balaban J connectivity index is 2.11. The lowest BCUT2D eigenvalue weighted by Gasteiger charge is -2.13. The third kappa shape index (κ3) is 2.87. The van der Waals surface area contributed by atoms with E-state index in [1.807, 2.05) is 37.3 Å². The first-order valence-electron chi connectivity index (χ1n) is 5.93. The van der Waals surface area contributed by atoms with Crippen LogP contribution in [0.5, 0.6) is 5.88 Å². The minimum atomic E-state index is -0.499. The van der Waals surface area contributed by atoms with Gasteiger partial charge in [-0.05, 0) is 23.6 Å². The Bertz CT molecular complexity index is 508. The van der Waals surface area contributed by atoms with E-state index in [4.69, 9.17) is 4.74 Å². The number of aryl methyl sites for hydroxylation is 1. The summed E-state index contributed by atoms with van der Waals surface area (Å²) in [7, 11) is 1.59. The fourth-order valence-electron chi connectivity index (χ4n) is 1.95. The summed E-state index contributed by atoms with van der Waals surface area (Å²) in [5.74, 6) is 0.587. The molecule has 0 radical (unpaired) electrons. The fraction of sp³-hybridized carbons (Fsp3) is 0.267. The molecule has 2 aromatic rings. The zero-order chi connectivity index (χ0) is 13.0. The molecule has 1 aromatic heterocycles. The summed E-state index contributed by atoms with van der Waals surface area (Å²) >= 11 is 0. The summed E-state index contributed by atoms with van der Waals surface area (Å²) in [6.07, 6.45) is 1.80. The van der Waals surface area contributed by atoms with Crippen molar-refractivity contribution in [2.75, 3.05) is 7.11 Å². The highest BCUT2D eigenvalue weighted by Crippen LogP contribution is 2.21. The largest absolute Gasteiger partial charge is 0.481 e. The van der Waals surface area contributed by atoms with Crippen LogP contribution >= 0.6 is 0 Å². The third-order valence-electron chi connectivity index (χ3n) is 2.98. The van der Waals surface area contributed by atoms with E-state index >= 15 is 0 Å². The third-order valence-corrected chi connectivity index (χ3v) is 2.98. The first-order valence-corrected chi connectivity index (χ1v) is 5.93. The summed E-state index contributed by atoms with van der Waals surface area (Å²) in [6, 6.07) is 11.6. The number of hydrogen-bond donors (Lipinski definition) is 1. The molecule has 0 fully saturated rings. The molecule has 0 aliphatic heterocycles. The molecule has 1 atom stereocenters. The molecule has 1 aromatic carbocycles. The van der Waals surface area contributed by atoms with Crippen LogP contribution in [0.4, 0.5) is 0 Å². The second-order valence-corrected chi connectivity index (χ2v) is 4.29. The van der Waals surface area contributed by atoms with Gasteiger partial charge in [-0.15, -0.1) is 0 Å². The van der Waals surface area contributed by atoms with Gasteiger partial charge in [0.15, 0.2) is 0 Å².